The SMILES string of the molecule is Cc1c(-c2c[nH]c3ccccc23)c(CC(=O)O)nn1C. The second-order valence-electron chi connectivity index (χ2n) is 4.85. The lowest BCUT2D eigenvalue weighted by Gasteiger charge is -2.01. The van der Waals surface area contributed by atoms with Crippen LogP contribution in [0.3, 0.4) is 0 Å². The number of para-hydroxylation sites is 1. The van der Waals surface area contributed by atoms with Crippen molar-refractivity contribution in [3.05, 3.63) is 41.9 Å². The van der Waals surface area contributed by atoms with Crippen LogP contribution in [0, 0.1) is 6.92 Å². The predicted molar refractivity (Wildman–Crippen MR) is 76.6 cm³/mol. The molecule has 5 heteroatoms. The third kappa shape index (κ3) is 1.87. The molecule has 2 heterocycles. The highest BCUT2D eigenvalue weighted by Gasteiger charge is 2.19. The van der Waals surface area contributed by atoms with Gasteiger partial charge in [-0.3, -0.25) is 9.48 Å². The van der Waals surface area contributed by atoms with Crippen molar-refractivity contribution in [2.75, 3.05) is 0 Å². The van der Waals surface area contributed by atoms with E-state index in [9.17, 15) is 4.79 Å². The summed E-state index contributed by atoms with van der Waals surface area (Å²) >= 11 is 0. The van der Waals surface area contributed by atoms with E-state index >= 15 is 0 Å². The molecule has 0 aliphatic heterocycles. The Morgan fingerprint density at radius 2 is 2.15 bits per heavy atom. The zero-order valence-electron chi connectivity index (χ0n) is 11.3. The van der Waals surface area contributed by atoms with Crippen LogP contribution >= 0.6 is 0 Å². The molecule has 3 aromatic rings. The van der Waals surface area contributed by atoms with Gasteiger partial charge in [0.25, 0.3) is 0 Å². The number of carboxylic acid groups (broad SMARTS) is 1. The third-order valence-corrected chi connectivity index (χ3v) is 3.58. The van der Waals surface area contributed by atoms with Crippen molar-refractivity contribution in [2.24, 2.45) is 7.05 Å². The second kappa shape index (κ2) is 4.52. The Kier molecular flexibility index (Phi) is 2.82. The smallest absolute Gasteiger partial charge is 0.309 e. The Bertz CT molecular complexity index is 799. The number of nitrogens with one attached hydrogen (secondary N) is 1. The maximum Gasteiger partial charge on any atom is 0.309 e. The number of hydrogen-bond donors (Lipinski definition) is 2. The molecule has 2 N–H and O–H groups in total. The van der Waals surface area contributed by atoms with Crippen molar-refractivity contribution < 1.29 is 9.90 Å². The Morgan fingerprint density at radius 3 is 2.90 bits per heavy atom. The first-order valence-corrected chi connectivity index (χ1v) is 6.38. The van der Waals surface area contributed by atoms with Crippen molar-refractivity contribution in [2.45, 2.75) is 13.3 Å². The lowest BCUT2D eigenvalue weighted by molar-refractivity contribution is -0.136. The van der Waals surface area contributed by atoms with Gasteiger partial charge in [0.1, 0.15) is 0 Å². The van der Waals surface area contributed by atoms with Crippen LogP contribution in [-0.2, 0) is 18.3 Å². The first kappa shape index (κ1) is 12.5. The minimum atomic E-state index is -0.871. The maximum absolute atomic E-state index is 11.0. The van der Waals surface area contributed by atoms with Crippen LogP contribution in [0.15, 0.2) is 30.5 Å². The molecule has 0 unspecified atom stereocenters. The van der Waals surface area contributed by atoms with E-state index in [-0.39, 0.29) is 6.42 Å². The van der Waals surface area contributed by atoms with Crippen molar-refractivity contribution in [3.63, 3.8) is 0 Å². The normalized spacial score (nSPS) is 11.1. The Hall–Kier alpha value is -2.56. The van der Waals surface area contributed by atoms with Gasteiger partial charge >= 0.3 is 5.97 Å². The van der Waals surface area contributed by atoms with Gasteiger partial charge in [-0.2, -0.15) is 5.10 Å². The fourth-order valence-electron chi connectivity index (χ4n) is 2.57. The van der Waals surface area contributed by atoms with E-state index in [1.54, 1.807) is 4.68 Å². The van der Waals surface area contributed by atoms with Gasteiger partial charge in [-0.15, -0.1) is 0 Å². The number of rotatable bonds is 3. The predicted octanol–water partition coefficient (Wildman–Crippen LogP) is 2.50. The van der Waals surface area contributed by atoms with Gasteiger partial charge in [0.15, 0.2) is 0 Å². The first-order chi connectivity index (χ1) is 9.58. The summed E-state index contributed by atoms with van der Waals surface area (Å²) in [6, 6.07) is 7.97. The fraction of sp³-hybridized carbons (Fsp3) is 0.200. The average molecular weight is 269 g/mol. The highest BCUT2D eigenvalue weighted by molar-refractivity contribution is 5.97. The highest BCUT2D eigenvalue weighted by atomic mass is 16.4. The van der Waals surface area contributed by atoms with Gasteiger partial charge in [0, 0.05) is 41.0 Å². The largest absolute Gasteiger partial charge is 0.481 e. The molecule has 0 amide bonds. The molecule has 0 radical (unpaired) electrons. The van der Waals surface area contributed by atoms with Gasteiger partial charge < -0.3 is 10.1 Å². The number of aromatic nitrogens is 3. The Morgan fingerprint density at radius 1 is 1.40 bits per heavy atom. The number of hydrogen-bond acceptors (Lipinski definition) is 2. The zero-order valence-corrected chi connectivity index (χ0v) is 11.3. The highest BCUT2D eigenvalue weighted by Crippen LogP contribution is 2.33. The summed E-state index contributed by atoms with van der Waals surface area (Å²) in [5.74, 6) is -0.871. The number of H-pyrrole nitrogens is 1. The minimum absolute atomic E-state index is 0.0729. The fourth-order valence-corrected chi connectivity index (χ4v) is 2.57. The van der Waals surface area contributed by atoms with Crippen LogP contribution < -0.4 is 0 Å². The summed E-state index contributed by atoms with van der Waals surface area (Å²) in [5.41, 5.74) is 4.51. The monoisotopic (exact) mass is 269 g/mol. The van der Waals surface area contributed by atoms with Gasteiger partial charge in [-0.25, -0.2) is 0 Å². The third-order valence-electron chi connectivity index (χ3n) is 3.58. The molecule has 20 heavy (non-hydrogen) atoms. The second-order valence-corrected chi connectivity index (χ2v) is 4.85. The number of aryl methyl sites for hydroxylation is 1. The molecule has 0 fully saturated rings. The molecule has 0 atom stereocenters. The van der Waals surface area contributed by atoms with E-state index in [4.69, 9.17) is 5.11 Å². The number of carbonyl (C=O) groups is 1. The summed E-state index contributed by atoms with van der Waals surface area (Å²) in [7, 11) is 1.83. The van der Waals surface area contributed by atoms with Gasteiger partial charge in [0.2, 0.25) is 0 Å². The molecule has 0 bridgehead atoms. The quantitative estimate of drug-likeness (QED) is 0.767. The summed E-state index contributed by atoms with van der Waals surface area (Å²) in [6.45, 7) is 1.95. The van der Waals surface area contributed by atoms with E-state index in [1.165, 1.54) is 0 Å². The molecule has 0 saturated carbocycles. The number of aromatic amines is 1. The van der Waals surface area contributed by atoms with Gasteiger partial charge in [-0.05, 0) is 13.0 Å². The molecule has 102 valence electrons. The first-order valence-electron chi connectivity index (χ1n) is 6.38. The molecule has 5 nitrogen and oxygen atoms in total. The molecule has 2 aromatic heterocycles. The number of aliphatic carboxylic acids is 1. The molecular weight excluding hydrogens is 254 g/mol. The molecular formula is C15H15N3O2. The van der Waals surface area contributed by atoms with E-state index < -0.39 is 5.97 Å². The van der Waals surface area contributed by atoms with Crippen LogP contribution in [-0.4, -0.2) is 25.8 Å². The maximum atomic E-state index is 11.0. The number of benzene rings is 1. The van der Waals surface area contributed by atoms with E-state index in [0.717, 1.165) is 27.7 Å². The van der Waals surface area contributed by atoms with Crippen LogP contribution in [0.4, 0.5) is 0 Å². The number of fused-ring (bicyclic) bond motifs is 1. The van der Waals surface area contributed by atoms with Crippen molar-refractivity contribution in [3.8, 4) is 11.1 Å². The van der Waals surface area contributed by atoms with Crippen LogP contribution in [0.2, 0.25) is 0 Å². The number of nitrogens with zero attached hydrogens (tertiary/aromatic N) is 2. The molecule has 0 saturated heterocycles. The minimum Gasteiger partial charge on any atom is -0.481 e. The summed E-state index contributed by atoms with van der Waals surface area (Å²) < 4.78 is 1.73. The van der Waals surface area contributed by atoms with E-state index in [1.807, 2.05) is 44.4 Å². The van der Waals surface area contributed by atoms with E-state index in [2.05, 4.69) is 10.1 Å². The summed E-state index contributed by atoms with van der Waals surface area (Å²) in [6.07, 6.45) is 1.84. The van der Waals surface area contributed by atoms with Crippen molar-refractivity contribution in [1.29, 1.82) is 0 Å². The Labute approximate surface area is 115 Å². The van der Waals surface area contributed by atoms with Gasteiger partial charge in [0.05, 0.1) is 12.1 Å². The summed E-state index contributed by atoms with van der Waals surface area (Å²) in [5, 5.41) is 14.5. The molecule has 0 aliphatic carbocycles. The molecule has 1 aromatic carbocycles. The molecule has 3 rings (SSSR count). The van der Waals surface area contributed by atoms with Crippen LogP contribution in [0.25, 0.3) is 22.0 Å². The van der Waals surface area contributed by atoms with Crippen LogP contribution in [0.5, 0.6) is 0 Å². The lowest BCUT2D eigenvalue weighted by atomic mass is 10.0. The average Bonchev–Trinajstić information content (AvgIpc) is 2.92. The van der Waals surface area contributed by atoms with Crippen molar-refractivity contribution >= 4 is 16.9 Å². The Balaban J connectivity index is 2.25. The number of carboxylic acids is 1. The van der Waals surface area contributed by atoms with Crippen LogP contribution in [0.1, 0.15) is 11.4 Å². The zero-order chi connectivity index (χ0) is 14.3. The summed E-state index contributed by atoms with van der Waals surface area (Å²) in [4.78, 5) is 14.2. The molecule has 0 spiro atoms. The lowest BCUT2D eigenvalue weighted by Crippen LogP contribution is -2.02. The van der Waals surface area contributed by atoms with Crippen molar-refractivity contribution in [1.82, 2.24) is 14.8 Å². The standard InChI is InChI=1S/C15H15N3O2/c1-9-15(13(7-14(19)20)17-18(9)2)11-8-16-12-6-4-3-5-10(11)12/h3-6,8,16H,7H2,1-2H3,(H,19,20). The topological polar surface area (TPSA) is 70.9 Å². The molecule has 0 aliphatic rings. The van der Waals surface area contributed by atoms with E-state index in [0.29, 0.717) is 5.69 Å². The van der Waals surface area contributed by atoms with Gasteiger partial charge in [-0.1, -0.05) is 18.2 Å².